The lowest BCUT2D eigenvalue weighted by atomic mass is 10.2. The van der Waals surface area contributed by atoms with Crippen LogP contribution in [0, 0.1) is 0 Å². The van der Waals surface area contributed by atoms with Crippen LogP contribution in [0.4, 0.5) is 5.69 Å². The molecule has 1 aromatic carbocycles. The molecule has 2 aromatic rings. The maximum absolute atomic E-state index is 12.3. The quantitative estimate of drug-likeness (QED) is 0.853. The number of hydrogen-bond acceptors (Lipinski definition) is 5. The zero-order chi connectivity index (χ0) is 18.4. The molecule has 1 aromatic heterocycles. The van der Waals surface area contributed by atoms with Gasteiger partial charge in [0, 0.05) is 50.9 Å². The summed E-state index contributed by atoms with van der Waals surface area (Å²) >= 11 is 0. The minimum atomic E-state index is -0.300. The second-order valence-corrected chi connectivity index (χ2v) is 6.05. The SMILES string of the molecule is COc1cccc(N2CCN(C(=O)CCNC(=O)c3ccco3)CC2)c1. The molecule has 2 heterocycles. The van der Waals surface area contributed by atoms with Crippen LogP contribution < -0.4 is 15.0 Å². The van der Waals surface area contributed by atoms with Gasteiger partial charge in [-0.3, -0.25) is 9.59 Å². The monoisotopic (exact) mass is 357 g/mol. The molecule has 1 saturated heterocycles. The van der Waals surface area contributed by atoms with Crippen molar-refractivity contribution in [3.8, 4) is 5.75 Å². The number of carbonyl (C=O) groups is 2. The summed E-state index contributed by atoms with van der Waals surface area (Å²) in [6.07, 6.45) is 1.73. The predicted molar refractivity (Wildman–Crippen MR) is 97.4 cm³/mol. The fourth-order valence-corrected chi connectivity index (χ4v) is 2.96. The Kier molecular flexibility index (Phi) is 5.78. The Labute approximate surface area is 152 Å². The van der Waals surface area contributed by atoms with Gasteiger partial charge in [0.1, 0.15) is 5.75 Å². The van der Waals surface area contributed by atoms with Gasteiger partial charge in [0.25, 0.3) is 5.91 Å². The molecule has 7 nitrogen and oxygen atoms in total. The Morgan fingerprint density at radius 2 is 1.96 bits per heavy atom. The number of benzene rings is 1. The molecule has 1 aliphatic rings. The van der Waals surface area contributed by atoms with Crippen LogP contribution in [-0.4, -0.2) is 56.5 Å². The van der Waals surface area contributed by atoms with E-state index in [1.807, 2.05) is 29.2 Å². The number of anilines is 1. The summed E-state index contributed by atoms with van der Waals surface area (Å²) in [5.41, 5.74) is 1.10. The number of hydrogen-bond donors (Lipinski definition) is 1. The van der Waals surface area contributed by atoms with Gasteiger partial charge in [-0.25, -0.2) is 0 Å². The third kappa shape index (κ3) is 4.36. The summed E-state index contributed by atoms with van der Waals surface area (Å²) in [7, 11) is 1.65. The van der Waals surface area contributed by atoms with Gasteiger partial charge < -0.3 is 24.3 Å². The zero-order valence-corrected chi connectivity index (χ0v) is 14.8. The van der Waals surface area contributed by atoms with Crippen molar-refractivity contribution >= 4 is 17.5 Å². The lowest BCUT2D eigenvalue weighted by molar-refractivity contribution is -0.131. The maximum Gasteiger partial charge on any atom is 0.286 e. The van der Waals surface area contributed by atoms with Crippen molar-refractivity contribution < 1.29 is 18.7 Å². The summed E-state index contributed by atoms with van der Waals surface area (Å²) in [6, 6.07) is 11.2. The van der Waals surface area contributed by atoms with E-state index in [0.717, 1.165) is 24.5 Å². The Balaban J connectivity index is 1.42. The van der Waals surface area contributed by atoms with Crippen LogP contribution in [0.1, 0.15) is 17.0 Å². The largest absolute Gasteiger partial charge is 0.497 e. The van der Waals surface area contributed by atoms with E-state index in [0.29, 0.717) is 19.6 Å². The van der Waals surface area contributed by atoms with E-state index in [1.165, 1.54) is 6.26 Å². The Morgan fingerprint density at radius 1 is 1.15 bits per heavy atom. The van der Waals surface area contributed by atoms with Gasteiger partial charge in [0.2, 0.25) is 5.91 Å². The zero-order valence-electron chi connectivity index (χ0n) is 14.8. The smallest absolute Gasteiger partial charge is 0.286 e. The average molecular weight is 357 g/mol. The topological polar surface area (TPSA) is 75.0 Å². The summed E-state index contributed by atoms with van der Waals surface area (Å²) in [4.78, 5) is 28.2. The molecule has 0 bridgehead atoms. The van der Waals surface area contributed by atoms with E-state index in [2.05, 4.69) is 10.2 Å². The first-order chi connectivity index (χ1) is 12.7. The summed E-state index contributed by atoms with van der Waals surface area (Å²) in [6.45, 7) is 3.19. The number of furan rings is 1. The molecular weight excluding hydrogens is 334 g/mol. The van der Waals surface area contributed by atoms with Gasteiger partial charge in [-0.2, -0.15) is 0 Å². The van der Waals surface area contributed by atoms with Crippen molar-refractivity contribution in [2.75, 3.05) is 44.7 Å². The number of methoxy groups -OCH3 is 1. The molecule has 1 fully saturated rings. The second-order valence-electron chi connectivity index (χ2n) is 6.05. The van der Waals surface area contributed by atoms with Gasteiger partial charge >= 0.3 is 0 Å². The number of ether oxygens (including phenoxy) is 1. The first kappa shape index (κ1) is 17.8. The van der Waals surface area contributed by atoms with Crippen LogP contribution in [0.15, 0.2) is 47.1 Å². The maximum atomic E-state index is 12.3. The molecule has 2 amide bonds. The lowest BCUT2D eigenvalue weighted by Gasteiger charge is -2.36. The number of amides is 2. The van der Waals surface area contributed by atoms with Crippen molar-refractivity contribution in [3.63, 3.8) is 0 Å². The standard InChI is InChI=1S/C19H23N3O4/c1-25-16-5-2-4-15(14-16)21-9-11-22(12-10-21)18(23)7-8-20-19(24)17-6-3-13-26-17/h2-6,13-14H,7-12H2,1H3,(H,20,24). The summed E-state index contributed by atoms with van der Waals surface area (Å²) in [5.74, 6) is 0.832. The number of rotatable bonds is 6. The number of nitrogens with one attached hydrogen (secondary N) is 1. The first-order valence-electron chi connectivity index (χ1n) is 8.66. The van der Waals surface area contributed by atoms with Crippen molar-refractivity contribution in [2.24, 2.45) is 0 Å². The fourth-order valence-electron chi connectivity index (χ4n) is 2.96. The summed E-state index contributed by atoms with van der Waals surface area (Å²) in [5, 5.41) is 2.70. The van der Waals surface area contributed by atoms with Crippen LogP contribution in [0.3, 0.4) is 0 Å². The van der Waals surface area contributed by atoms with Crippen LogP contribution in [0.25, 0.3) is 0 Å². The highest BCUT2D eigenvalue weighted by molar-refractivity contribution is 5.91. The Bertz CT molecular complexity index is 737. The molecule has 3 rings (SSSR count). The van der Waals surface area contributed by atoms with E-state index in [4.69, 9.17) is 9.15 Å². The Hall–Kier alpha value is -2.96. The van der Waals surface area contributed by atoms with Crippen molar-refractivity contribution in [1.82, 2.24) is 10.2 Å². The molecule has 7 heteroatoms. The van der Waals surface area contributed by atoms with E-state index in [9.17, 15) is 9.59 Å². The van der Waals surface area contributed by atoms with Crippen LogP contribution in [-0.2, 0) is 4.79 Å². The van der Waals surface area contributed by atoms with Crippen molar-refractivity contribution in [3.05, 3.63) is 48.4 Å². The van der Waals surface area contributed by atoms with Crippen molar-refractivity contribution in [1.29, 1.82) is 0 Å². The highest BCUT2D eigenvalue weighted by Gasteiger charge is 2.21. The molecule has 0 saturated carbocycles. The van der Waals surface area contributed by atoms with Gasteiger partial charge in [-0.05, 0) is 24.3 Å². The van der Waals surface area contributed by atoms with Crippen LogP contribution in [0.5, 0.6) is 5.75 Å². The molecule has 1 N–H and O–H groups in total. The van der Waals surface area contributed by atoms with Gasteiger partial charge in [0.05, 0.1) is 13.4 Å². The van der Waals surface area contributed by atoms with Gasteiger partial charge in [-0.15, -0.1) is 0 Å². The third-order valence-electron chi connectivity index (χ3n) is 4.42. The minimum absolute atomic E-state index is 0.0510. The molecule has 0 atom stereocenters. The van der Waals surface area contributed by atoms with E-state index < -0.39 is 0 Å². The molecule has 0 radical (unpaired) electrons. The Morgan fingerprint density at radius 3 is 2.65 bits per heavy atom. The third-order valence-corrected chi connectivity index (χ3v) is 4.42. The van der Waals surface area contributed by atoms with Crippen molar-refractivity contribution in [2.45, 2.75) is 6.42 Å². The minimum Gasteiger partial charge on any atom is -0.497 e. The predicted octanol–water partition coefficient (Wildman–Crippen LogP) is 1.76. The van der Waals surface area contributed by atoms with Crippen LogP contribution in [0.2, 0.25) is 0 Å². The molecule has 0 unspecified atom stereocenters. The molecule has 26 heavy (non-hydrogen) atoms. The molecular formula is C19H23N3O4. The normalized spacial score (nSPS) is 14.2. The summed E-state index contributed by atoms with van der Waals surface area (Å²) < 4.78 is 10.3. The van der Waals surface area contributed by atoms with E-state index in [1.54, 1.807) is 19.2 Å². The number of nitrogens with zero attached hydrogens (tertiary/aromatic N) is 2. The number of piperazine rings is 1. The number of carbonyl (C=O) groups excluding carboxylic acids is 2. The first-order valence-corrected chi connectivity index (χ1v) is 8.66. The van der Waals surface area contributed by atoms with Gasteiger partial charge in [0.15, 0.2) is 5.76 Å². The highest BCUT2D eigenvalue weighted by atomic mass is 16.5. The average Bonchev–Trinajstić information content (AvgIpc) is 3.23. The van der Waals surface area contributed by atoms with E-state index >= 15 is 0 Å². The fraction of sp³-hybridized carbons (Fsp3) is 0.368. The van der Waals surface area contributed by atoms with Crippen LogP contribution >= 0.6 is 0 Å². The lowest BCUT2D eigenvalue weighted by Crippen LogP contribution is -2.49. The van der Waals surface area contributed by atoms with Gasteiger partial charge in [-0.1, -0.05) is 6.07 Å². The molecule has 0 aliphatic carbocycles. The molecule has 0 spiro atoms. The molecule has 1 aliphatic heterocycles. The van der Waals surface area contributed by atoms with E-state index in [-0.39, 0.29) is 24.0 Å². The molecule has 138 valence electrons. The highest BCUT2D eigenvalue weighted by Crippen LogP contribution is 2.22. The second kappa shape index (κ2) is 8.42.